The summed E-state index contributed by atoms with van der Waals surface area (Å²) in [5.41, 5.74) is 0.339. The number of hydrogen-bond acceptors (Lipinski definition) is 3. The molecule has 2 rings (SSSR count). The lowest BCUT2D eigenvalue weighted by atomic mass is 10.2. The van der Waals surface area contributed by atoms with Gasteiger partial charge in [-0.15, -0.1) is 0 Å². The minimum absolute atomic E-state index is 0.339. The molecule has 0 saturated carbocycles. The number of ether oxygens (including phenoxy) is 1. The molecule has 0 radical (unpaired) electrons. The van der Waals surface area contributed by atoms with Crippen molar-refractivity contribution in [1.29, 1.82) is 0 Å². The van der Waals surface area contributed by atoms with Gasteiger partial charge in [-0.3, -0.25) is 4.98 Å². The van der Waals surface area contributed by atoms with Gasteiger partial charge < -0.3 is 9.84 Å². The first kappa shape index (κ1) is 12.8. The Labute approximate surface area is 108 Å². The second kappa shape index (κ2) is 5.77. The number of nitrogens with zero attached hydrogens (tertiary/aromatic N) is 1. The maximum atomic E-state index is 13.2. The average molecular weight is 259 g/mol. The third kappa shape index (κ3) is 3.64. The Kier molecular flexibility index (Phi) is 3.87. The molecule has 0 unspecified atom stereocenters. The molecule has 0 amide bonds. The number of aliphatic carboxylic acids is 1. The number of carboxylic acid groups (broad SMARTS) is 1. The highest BCUT2D eigenvalue weighted by atomic mass is 19.1. The molecule has 0 aliphatic carbocycles. The second-order valence-electron chi connectivity index (χ2n) is 3.64. The Balaban J connectivity index is 2.32. The minimum atomic E-state index is -1.11. The van der Waals surface area contributed by atoms with Crippen LogP contribution in [0.1, 0.15) is 5.56 Å². The molecule has 19 heavy (non-hydrogen) atoms. The van der Waals surface area contributed by atoms with E-state index >= 15 is 0 Å². The Hall–Kier alpha value is -2.69. The zero-order valence-electron chi connectivity index (χ0n) is 9.79. The summed E-state index contributed by atoms with van der Waals surface area (Å²) in [5.74, 6) is -0.744. The van der Waals surface area contributed by atoms with Crippen LogP contribution >= 0.6 is 0 Å². The Morgan fingerprint density at radius 3 is 2.89 bits per heavy atom. The van der Waals surface area contributed by atoms with E-state index in [1.807, 2.05) is 0 Å². The summed E-state index contributed by atoms with van der Waals surface area (Å²) in [6.07, 6.45) is 5.30. The van der Waals surface area contributed by atoms with E-state index in [-0.39, 0.29) is 0 Å². The van der Waals surface area contributed by atoms with Crippen molar-refractivity contribution >= 4 is 12.0 Å². The third-order valence-corrected chi connectivity index (χ3v) is 2.24. The van der Waals surface area contributed by atoms with Crippen molar-refractivity contribution in [3.05, 3.63) is 60.2 Å². The van der Waals surface area contributed by atoms with Crippen LogP contribution in [-0.4, -0.2) is 16.1 Å². The van der Waals surface area contributed by atoms with E-state index in [1.54, 1.807) is 18.3 Å². The molecule has 1 aromatic heterocycles. The van der Waals surface area contributed by atoms with Crippen molar-refractivity contribution in [2.75, 3.05) is 0 Å². The lowest BCUT2D eigenvalue weighted by Gasteiger charge is -2.08. The van der Waals surface area contributed by atoms with Gasteiger partial charge in [0.1, 0.15) is 17.3 Å². The summed E-state index contributed by atoms with van der Waals surface area (Å²) in [5, 5.41) is 8.59. The maximum Gasteiger partial charge on any atom is 0.328 e. The number of carboxylic acids is 1. The first-order valence-electron chi connectivity index (χ1n) is 5.43. The molecule has 0 fully saturated rings. The van der Waals surface area contributed by atoms with Crippen molar-refractivity contribution in [2.45, 2.75) is 0 Å². The standard InChI is InChI=1S/C14H10FNO3/c15-11-4-5-13(10(8-11)3-6-14(17)18)19-12-2-1-7-16-9-12/h1-9H,(H,17,18)/b6-3+. The second-order valence-corrected chi connectivity index (χ2v) is 3.64. The summed E-state index contributed by atoms with van der Waals surface area (Å²) in [7, 11) is 0. The smallest absolute Gasteiger partial charge is 0.328 e. The first-order valence-corrected chi connectivity index (χ1v) is 5.43. The van der Waals surface area contributed by atoms with Gasteiger partial charge in [0, 0.05) is 17.8 Å². The van der Waals surface area contributed by atoms with Crippen LogP contribution in [-0.2, 0) is 4.79 Å². The Bertz CT molecular complexity index is 611. The monoisotopic (exact) mass is 259 g/mol. The van der Waals surface area contributed by atoms with Crippen LogP contribution < -0.4 is 4.74 Å². The van der Waals surface area contributed by atoms with Crippen LogP contribution in [0.4, 0.5) is 4.39 Å². The molecular formula is C14H10FNO3. The lowest BCUT2D eigenvalue weighted by molar-refractivity contribution is -0.131. The molecular weight excluding hydrogens is 249 g/mol. The summed E-state index contributed by atoms with van der Waals surface area (Å²) < 4.78 is 18.7. The molecule has 4 nitrogen and oxygen atoms in total. The van der Waals surface area contributed by atoms with Gasteiger partial charge in [0.2, 0.25) is 0 Å². The van der Waals surface area contributed by atoms with Gasteiger partial charge in [0.05, 0.1) is 6.20 Å². The van der Waals surface area contributed by atoms with Gasteiger partial charge >= 0.3 is 5.97 Å². The van der Waals surface area contributed by atoms with E-state index < -0.39 is 11.8 Å². The van der Waals surface area contributed by atoms with Crippen LogP contribution in [0.15, 0.2) is 48.8 Å². The minimum Gasteiger partial charge on any atom is -0.478 e. The number of benzene rings is 1. The molecule has 0 atom stereocenters. The van der Waals surface area contributed by atoms with Crippen LogP contribution in [0.5, 0.6) is 11.5 Å². The van der Waals surface area contributed by atoms with Crippen LogP contribution in [0, 0.1) is 5.82 Å². The third-order valence-electron chi connectivity index (χ3n) is 2.24. The molecule has 1 heterocycles. The summed E-state index contributed by atoms with van der Waals surface area (Å²) in [6.45, 7) is 0. The molecule has 1 aromatic carbocycles. The summed E-state index contributed by atoms with van der Waals surface area (Å²) in [4.78, 5) is 14.4. The van der Waals surface area contributed by atoms with Gasteiger partial charge in [0.15, 0.2) is 0 Å². The SMILES string of the molecule is O=C(O)/C=C/c1cc(F)ccc1Oc1cccnc1. The zero-order valence-corrected chi connectivity index (χ0v) is 9.79. The molecule has 5 heteroatoms. The highest BCUT2D eigenvalue weighted by Crippen LogP contribution is 2.26. The zero-order chi connectivity index (χ0) is 13.7. The molecule has 0 aliphatic heterocycles. The average Bonchev–Trinajstić information content (AvgIpc) is 2.40. The number of aromatic nitrogens is 1. The Morgan fingerprint density at radius 2 is 2.21 bits per heavy atom. The quantitative estimate of drug-likeness (QED) is 0.857. The lowest BCUT2D eigenvalue weighted by Crippen LogP contribution is -1.91. The first-order chi connectivity index (χ1) is 9.15. The Morgan fingerprint density at radius 1 is 1.37 bits per heavy atom. The van der Waals surface area contributed by atoms with Crippen LogP contribution in [0.3, 0.4) is 0 Å². The molecule has 0 spiro atoms. The highest BCUT2D eigenvalue weighted by Gasteiger charge is 2.05. The topological polar surface area (TPSA) is 59.4 Å². The van der Waals surface area contributed by atoms with Crippen molar-refractivity contribution in [3.63, 3.8) is 0 Å². The number of carbonyl (C=O) groups is 1. The van der Waals surface area contributed by atoms with E-state index in [0.29, 0.717) is 17.1 Å². The van der Waals surface area contributed by atoms with Crippen molar-refractivity contribution in [2.24, 2.45) is 0 Å². The van der Waals surface area contributed by atoms with Gasteiger partial charge in [-0.1, -0.05) is 0 Å². The van der Waals surface area contributed by atoms with E-state index in [1.165, 1.54) is 30.5 Å². The molecule has 96 valence electrons. The van der Waals surface area contributed by atoms with Gasteiger partial charge in [-0.05, 0) is 36.4 Å². The number of halogens is 1. The number of hydrogen-bond donors (Lipinski definition) is 1. The number of pyridine rings is 1. The fraction of sp³-hybridized carbons (Fsp3) is 0. The van der Waals surface area contributed by atoms with E-state index in [4.69, 9.17) is 9.84 Å². The van der Waals surface area contributed by atoms with Gasteiger partial charge in [0.25, 0.3) is 0 Å². The van der Waals surface area contributed by atoms with Crippen molar-refractivity contribution in [1.82, 2.24) is 4.98 Å². The normalized spacial score (nSPS) is 10.6. The van der Waals surface area contributed by atoms with Crippen molar-refractivity contribution < 1.29 is 19.0 Å². The number of rotatable bonds is 4. The summed E-state index contributed by atoms with van der Waals surface area (Å²) in [6, 6.07) is 7.27. The van der Waals surface area contributed by atoms with E-state index in [9.17, 15) is 9.18 Å². The molecule has 2 aromatic rings. The van der Waals surface area contributed by atoms with Gasteiger partial charge in [-0.25, -0.2) is 9.18 Å². The van der Waals surface area contributed by atoms with Crippen molar-refractivity contribution in [3.8, 4) is 11.5 Å². The van der Waals surface area contributed by atoms with Crippen LogP contribution in [0.25, 0.3) is 6.08 Å². The molecule has 0 saturated heterocycles. The maximum absolute atomic E-state index is 13.2. The largest absolute Gasteiger partial charge is 0.478 e. The van der Waals surface area contributed by atoms with Crippen LogP contribution in [0.2, 0.25) is 0 Å². The van der Waals surface area contributed by atoms with E-state index in [2.05, 4.69) is 4.98 Å². The molecule has 0 aliphatic rings. The fourth-order valence-corrected chi connectivity index (χ4v) is 1.44. The van der Waals surface area contributed by atoms with E-state index in [0.717, 1.165) is 6.08 Å². The highest BCUT2D eigenvalue weighted by molar-refractivity contribution is 5.85. The molecule has 1 N–H and O–H groups in total. The summed E-state index contributed by atoms with van der Waals surface area (Å²) >= 11 is 0. The predicted molar refractivity (Wildman–Crippen MR) is 67.4 cm³/mol. The predicted octanol–water partition coefficient (Wildman–Crippen LogP) is 3.11. The van der Waals surface area contributed by atoms with Gasteiger partial charge in [-0.2, -0.15) is 0 Å². The molecule has 0 bridgehead atoms. The fourth-order valence-electron chi connectivity index (χ4n) is 1.44.